The van der Waals surface area contributed by atoms with Crippen LogP contribution in [0.25, 0.3) is 0 Å². The van der Waals surface area contributed by atoms with E-state index in [1.54, 1.807) is 18.2 Å². The van der Waals surface area contributed by atoms with Crippen molar-refractivity contribution in [1.82, 2.24) is 15.3 Å². The summed E-state index contributed by atoms with van der Waals surface area (Å²) in [7, 11) is 0. The van der Waals surface area contributed by atoms with E-state index >= 15 is 0 Å². The monoisotopic (exact) mass is 315 g/mol. The molecule has 0 saturated carbocycles. The zero-order chi connectivity index (χ0) is 13.8. The van der Waals surface area contributed by atoms with Crippen molar-refractivity contribution in [2.75, 3.05) is 0 Å². The van der Waals surface area contributed by atoms with Crippen molar-refractivity contribution in [3.63, 3.8) is 0 Å². The number of benzene rings is 1. The van der Waals surface area contributed by atoms with Crippen LogP contribution in [0.15, 0.2) is 30.6 Å². The maximum Gasteiger partial charge on any atom is 0.253 e. The lowest BCUT2D eigenvalue weighted by Crippen LogP contribution is -2.24. The van der Waals surface area contributed by atoms with Gasteiger partial charge in [-0.25, -0.2) is 4.98 Å². The molecule has 0 unspecified atom stereocenters. The van der Waals surface area contributed by atoms with E-state index in [0.717, 1.165) is 0 Å². The summed E-state index contributed by atoms with van der Waals surface area (Å²) in [6.45, 7) is 0.161. The van der Waals surface area contributed by atoms with Crippen molar-refractivity contribution in [3.05, 3.63) is 57.0 Å². The average molecular weight is 317 g/mol. The quantitative estimate of drug-likeness (QED) is 0.944. The topological polar surface area (TPSA) is 54.9 Å². The number of carbonyl (C=O) groups is 1. The Balaban J connectivity index is 2.10. The van der Waals surface area contributed by atoms with Gasteiger partial charge in [0.1, 0.15) is 0 Å². The summed E-state index contributed by atoms with van der Waals surface area (Å²) in [5.41, 5.74) is 0.782. The normalized spacial score (nSPS) is 10.3. The zero-order valence-corrected chi connectivity index (χ0v) is 11.8. The van der Waals surface area contributed by atoms with Crippen LogP contribution in [0.2, 0.25) is 15.2 Å². The molecule has 7 heteroatoms. The first kappa shape index (κ1) is 14.1. The molecule has 0 aliphatic carbocycles. The van der Waals surface area contributed by atoms with Crippen molar-refractivity contribution in [3.8, 4) is 0 Å². The highest BCUT2D eigenvalue weighted by molar-refractivity contribution is 6.43. The Labute approximate surface area is 124 Å². The second kappa shape index (κ2) is 6.19. The minimum Gasteiger partial charge on any atom is -0.346 e. The van der Waals surface area contributed by atoms with E-state index in [2.05, 4.69) is 15.3 Å². The van der Waals surface area contributed by atoms with Gasteiger partial charge in [0.25, 0.3) is 5.91 Å². The molecule has 19 heavy (non-hydrogen) atoms. The lowest BCUT2D eigenvalue weighted by molar-refractivity contribution is 0.0950. The first-order valence-electron chi connectivity index (χ1n) is 5.27. The summed E-state index contributed by atoms with van der Waals surface area (Å²) in [4.78, 5) is 19.8. The minimum absolute atomic E-state index is 0.161. The second-order valence-electron chi connectivity index (χ2n) is 3.58. The number of hydrogen-bond acceptors (Lipinski definition) is 3. The molecule has 0 radical (unpaired) electrons. The molecule has 0 aliphatic heterocycles. The molecule has 0 fully saturated rings. The zero-order valence-electron chi connectivity index (χ0n) is 9.53. The summed E-state index contributed by atoms with van der Waals surface area (Å²) in [5.74, 6) is -0.353. The number of rotatable bonds is 3. The fourth-order valence-corrected chi connectivity index (χ4v) is 1.97. The SMILES string of the molecule is O=C(NCc1nccnc1Cl)c1cccc(Cl)c1Cl. The summed E-state index contributed by atoms with van der Waals surface area (Å²) >= 11 is 17.6. The smallest absolute Gasteiger partial charge is 0.253 e. The molecule has 98 valence electrons. The van der Waals surface area contributed by atoms with Crippen molar-refractivity contribution >= 4 is 40.7 Å². The average Bonchev–Trinajstić information content (AvgIpc) is 2.40. The van der Waals surface area contributed by atoms with Gasteiger partial charge in [0.15, 0.2) is 5.15 Å². The molecule has 2 aromatic rings. The van der Waals surface area contributed by atoms with Crippen LogP contribution in [-0.4, -0.2) is 15.9 Å². The first-order valence-corrected chi connectivity index (χ1v) is 6.40. The predicted octanol–water partition coefficient (Wildman–Crippen LogP) is 3.37. The number of nitrogens with one attached hydrogen (secondary N) is 1. The highest BCUT2D eigenvalue weighted by atomic mass is 35.5. The van der Waals surface area contributed by atoms with E-state index in [0.29, 0.717) is 16.3 Å². The van der Waals surface area contributed by atoms with E-state index in [4.69, 9.17) is 34.8 Å². The fraction of sp³-hybridized carbons (Fsp3) is 0.0833. The third-order valence-corrected chi connectivity index (χ3v) is 3.47. The maximum absolute atomic E-state index is 12.0. The Morgan fingerprint density at radius 1 is 1.16 bits per heavy atom. The number of carbonyl (C=O) groups excluding carboxylic acids is 1. The first-order chi connectivity index (χ1) is 9.09. The number of nitrogens with zero attached hydrogens (tertiary/aromatic N) is 2. The highest BCUT2D eigenvalue weighted by Gasteiger charge is 2.13. The Morgan fingerprint density at radius 3 is 2.63 bits per heavy atom. The van der Waals surface area contributed by atoms with Crippen LogP contribution in [0.4, 0.5) is 0 Å². The Hall–Kier alpha value is -1.36. The Bertz CT molecular complexity index is 619. The second-order valence-corrected chi connectivity index (χ2v) is 4.72. The standard InChI is InChI=1S/C12H8Cl3N3O/c13-8-3-1-2-7(10(8)14)12(19)18-6-9-11(15)17-5-4-16-9/h1-5H,6H2,(H,18,19). The van der Waals surface area contributed by atoms with Gasteiger partial charge in [-0.2, -0.15) is 0 Å². The molecule has 0 aliphatic rings. The van der Waals surface area contributed by atoms with E-state index in [-0.39, 0.29) is 22.6 Å². The van der Waals surface area contributed by atoms with E-state index < -0.39 is 0 Å². The maximum atomic E-state index is 12.0. The third-order valence-electron chi connectivity index (χ3n) is 2.34. The van der Waals surface area contributed by atoms with Crippen LogP contribution in [0, 0.1) is 0 Å². The minimum atomic E-state index is -0.353. The summed E-state index contributed by atoms with van der Waals surface area (Å²) in [6.07, 6.45) is 2.97. The molecule has 0 bridgehead atoms. The number of amides is 1. The molecule has 0 atom stereocenters. The van der Waals surface area contributed by atoms with Crippen LogP contribution in [0.3, 0.4) is 0 Å². The molecule has 2 rings (SSSR count). The molecule has 1 aromatic heterocycles. The van der Waals surface area contributed by atoms with E-state index in [9.17, 15) is 4.79 Å². The van der Waals surface area contributed by atoms with Gasteiger partial charge in [0, 0.05) is 12.4 Å². The Kier molecular flexibility index (Phi) is 4.58. The molecule has 0 spiro atoms. The summed E-state index contributed by atoms with van der Waals surface area (Å²) in [5, 5.41) is 3.45. The van der Waals surface area contributed by atoms with Crippen LogP contribution in [0.1, 0.15) is 16.1 Å². The largest absolute Gasteiger partial charge is 0.346 e. The number of aromatic nitrogens is 2. The van der Waals surface area contributed by atoms with Crippen LogP contribution in [-0.2, 0) is 6.54 Å². The summed E-state index contributed by atoms with van der Waals surface area (Å²) in [6, 6.07) is 4.85. The van der Waals surface area contributed by atoms with Crippen molar-refractivity contribution in [1.29, 1.82) is 0 Å². The van der Waals surface area contributed by atoms with Gasteiger partial charge in [-0.3, -0.25) is 9.78 Å². The number of hydrogen-bond donors (Lipinski definition) is 1. The molecule has 4 nitrogen and oxygen atoms in total. The Morgan fingerprint density at radius 2 is 1.89 bits per heavy atom. The van der Waals surface area contributed by atoms with Gasteiger partial charge >= 0.3 is 0 Å². The molecule has 1 aromatic carbocycles. The van der Waals surface area contributed by atoms with Gasteiger partial charge in [-0.05, 0) is 12.1 Å². The van der Waals surface area contributed by atoms with Gasteiger partial charge in [0.05, 0.1) is 27.8 Å². The number of halogens is 3. The van der Waals surface area contributed by atoms with Crippen LogP contribution < -0.4 is 5.32 Å². The third kappa shape index (κ3) is 3.35. The van der Waals surface area contributed by atoms with Crippen molar-refractivity contribution in [2.24, 2.45) is 0 Å². The predicted molar refractivity (Wildman–Crippen MR) is 74.7 cm³/mol. The fourth-order valence-electron chi connectivity index (χ4n) is 1.41. The summed E-state index contributed by atoms with van der Waals surface area (Å²) < 4.78 is 0. The van der Waals surface area contributed by atoms with E-state index in [1.165, 1.54) is 12.4 Å². The van der Waals surface area contributed by atoms with Crippen molar-refractivity contribution < 1.29 is 4.79 Å². The molecule has 1 amide bonds. The highest BCUT2D eigenvalue weighted by Crippen LogP contribution is 2.25. The lowest BCUT2D eigenvalue weighted by atomic mass is 10.2. The van der Waals surface area contributed by atoms with Gasteiger partial charge < -0.3 is 5.32 Å². The van der Waals surface area contributed by atoms with Gasteiger partial charge in [-0.1, -0.05) is 40.9 Å². The van der Waals surface area contributed by atoms with Gasteiger partial charge in [0.2, 0.25) is 0 Å². The molecular formula is C12H8Cl3N3O. The molecular weight excluding hydrogens is 309 g/mol. The molecule has 1 N–H and O–H groups in total. The lowest BCUT2D eigenvalue weighted by Gasteiger charge is -2.07. The van der Waals surface area contributed by atoms with Crippen molar-refractivity contribution in [2.45, 2.75) is 6.54 Å². The van der Waals surface area contributed by atoms with Crippen LogP contribution in [0.5, 0.6) is 0 Å². The molecule has 1 heterocycles. The van der Waals surface area contributed by atoms with E-state index in [1.807, 2.05) is 0 Å². The molecule has 0 saturated heterocycles. The van der Waals surface area contributed by atoms with Crippen LogP contribution >= 0.6 is 34.8 Å². The van der Waals surface area contributed by atoms with Gasteiger partial charge in [-0.15, -0.1) is 0 Å².